The van der Waals surface area contributed by atoms with Gasteiger partial charge >= 0.3 is 5.97 Å². The van der Waals surface area contributed by atoms with E-state index in [4.69, 9.17) is 16.2 Å². The molecule has 1 rings (SSSR count). The van der Waals surface area contributed by atoms with E-state index in [0.717, 1.165) is 18.4 Å². The van der Waals surface area contributed by atoms with Gasteiger partial charge in [0.15, 0.2) is 0 Å². The van der Waals surface area contributed by atoms with E-state index >= 15 is 0 Å². The van der Waals surface area contributed by atoms with Crippen molar-refractivity contribution in [3.63, 3.8) is 0 Å². The third kappa shape index (κ3) is 6.50. The smallest absolute Gasteiger partial charge is 0.331 e. The van der Waals surface area contributed by atoms with Gasteiger partial charge in [-0.2, -0.15) is 0 Å². The van der Waals surface area contributed by atoms with Gasteiger partial charge in [-0.15, -0.1) is 0 Å². The molecule has 4 heteroatoms. The summed E-state index contributed by atoms with van der Waals surface area (Å²) in [5, 5.41) is 0. The summed E-state index contributed by atoms with van der Waals surface area (Å²) < 4.78 is 5.27. The number of hydrogen-bond donors (Lipinski definition) is 2. The summed E-state index contributed by atoms with van der Waals surface area (Å²) in [7, 11) is 0. The zero-order chi connectivity index (χ0) is 15.0. The second-order valence-electron chi connectivity index (χ2n) is 5.10. The first kappa shape index (κ1) is 16.4. The molecule has 3 atom stereocenters. The molecule has 0 spiro atoms. The van der Waals surface area contributed by atoms with E-state index in [0.29, 0.717) is 0 Å². The molecule has 0 aliphatic carbocycles. The van der Waals surface area contributed by atoms with Crippen LogP contribution in [0.1, 0.15) is 32.3 Å². The Kier molecular flexibility index (Phi) is 6.98. The standard InChI is InChI=1S/C16H24N2O2/c1-12(17)8-10-15(18)13(2)20-16(19)11-9-14-6-4-3-5-7-14/h3-7,9,11-13,15H,8,10,17-18H2,1-2H3. The molecule has 0 aliphatic heterocycles. The first-order valence-corrected chi connectivity index (χ1v) is 6.94. The van der Waals surface area contributed by atoms with Crippen molar-refractivity contribution in [3.05, 3.63) is 42.0 Å². The molecule has 110 valence electrons. The average molecular weight is 276 g/mol. The molecular formula is C16H24N2O2. The fraction of sp³-hybridized carbons (Fsp3) is 0.438. The molecule has 0 bridgehead atoms. The number of ether oxygens (including phenoxy) is 1. The normalized spacial score (nSPS) is 15.8. The lowest BCUT2D eigenvalue weighted by Gasteiger charge is -2.20. The van der Waals surface area contributed by atoms with Crippen molar-refractivity contribution in [2.75, 3.05) is 0 Å². The molecular weight excluding hydrogens is 252 g/mol. The Labute approximate surface area is 120 Å². The maximum absolute atomic E-state index is 11.7. The summed E-state index contributed by atoms with van der Waals surface area (Å²) >= 11 is 0. The van der Waals surface area contributed by atoms with Crippen LogP contribution in [0.25, 0.3) is 6.08 Å². The van der Waals surface area contributed by atoms with E-state index in [1.54, 1.807) is 13.0 Å². The summed E-state index contributed by atoms with van der Waals surface area (Å²) in [6.45, 7) is 3.74. The SMILES string of the molecule is CC(N)CCC(N)C(C)OC(=O)C=Cc1ccccc1. The topological polar surface area (TPSA) is 78.3 Å². The zero-order valence-electron chi connectivity index (χ0n) is 12.2. The highest BCUT2D eigenvalue weighted by molar-refractivity contribution is 5.87. The molecule has 4 nitrogen and oxygen atoms in total. The lowest BCUT2D eigenvalue weighted by molar-refractivity contribution is -0.143. The van der Waals surface area contributed by atoms with E-state index in [2.05, 4.69) is 0 Å². The molecule has 3 unspecified atom stereocenters. The first-order chi connectivity index (χ1) is 9.49. The minimum Gasteiger partial charge on any atom is -0.458 e. The molecule has 20 heavy (non-hydrogen) atoms. The third-order valence-corrected chi connectivity index (χ3v) is 3.07. The number of esters is 1. The second kappa shape index (κ2) is 8.51. The molecule has 0 amide bonds. The van der Waals surface area contributed by atoms with Crippen LogP contribution >= 0.6 is 0 Å². The molecule has 4 N–H and O–H groups in total. The lowest BCUT2D eigenvalue weighted by atomic mass is 10.0. The quantitative estimate of drug-likeness (QED) is 0.590. The predicted molar refractivity (Wildman–Crippen MR) is 81.9 cm³/mol. The largest absolute Gasteiger partial charge is 0.458 e. The fourth-order valence-corrected chi connectivity index (χ4v) is 1.73. The van der Waals surface area contributed by atoms with Gasteiger partial charge in [-0.25, -0.2) is 4.79 Å². The zero-order valence-corrected chi connectivity index (χ0v) is 12.2. The Morgan fingerprint density at radius 3 is 2.45 bits per heavy atom. The van der Waals surface area contributed by atoms with Gasteiger partial charge in [0.05, 0.1) is 0 Å². The Balaban J connectivity index is 2.39. The van der Waals surface area contributed by atoms with Crippen molar-refractivity contribution in [2.45, 2.75) is 44.9 Å². The Bertz CT molecular complexity index is 429. The van der Waals surface area contributed by atoms with Crippen LogP contribution in [-0.2, 0) is 9.53 Å². The minimum absolute atomic E-state index is 0.113. The maximum Gasteiger partial charge on any atom is 0.331 e. The van der Waals surface area contributed by atoms with Gasteiger partial charge in [-0.3, -0.25) is 0 Å². The minimum atomic E-state index is -0.377. The molecule has 1 aromatic carbocycles. The fourth-order valence-electron chi connectivity index (χ4n) is 1.73. The molecule has 0 fully saturated rings. The lowest BCUT2D eigenvalue weighted by Crippen LogP contribution is -2.37. The highest BCUT2D eigenvalue weighted by Crippen LogP contribution is 2.07. The van der Waals surface area contributed by atoms with E-state index < -0.39 is 0 Å². The molecule has 0 saturated carbocycles. The molecule has 0 saturated heterocycles. The van der Waals surface area contributed by atoms with E-state index in [1.807, 2.05) is 37.3 Å². The molecule has 0 aromatic heterocycles. The van der Waals surface area contributed by atoms with Gasteiger partial charge in [-0.1, -0.05) is 30.3 Å². The third-order valence-electron chi connectivity index (χ3n) is 3.07. The summed E-state index contributed by atoms with van der Waals surface area (Å²) in [6, 6.07) is 9.52. The predicted octanol–water partition coefficient (Wildman–Crippen LogP) is 2.09. The Morgan fingerprint density at radius 1 is 1.20 bits per heavy atom. The van der Waals surface area contributed by atoms with E-state index in [1.165, 1.54) is 6.08 Å². The van der Waals surface area contributed by atoms with Gasteiger partial charge in [0, 0.05) is 18.2 Å². The van der Waals surface area contributed by atoms with Crippen LogP contribution in [0.4, 0.5) is 0 Å². The number of hydrogen-bond acceptors (Lipinski definition) is 4. The molecule has 0 heterocycles. The van der Waals surface area contributed by atoms with E-state index in [-0.39, 0.29) is 24.2 Å². The van der Waals surface area contributed by atoms with Crippen molar-refractivity contribution >= 4 is 12.0 Å². The summed E-state index contributed by atoms with van der Waals surface area (Å²) in [6.07, 6.45) is 4.39. The summed E-state index contributed by atoms with van der Waals surface area (Å²) in [5.41, 5.74) is 12.6. The van der Waals surface area contributed by atoms with Gasteiger partial charge in [0.2, 0.25) is 0 Å². The van der Waals surface area contributed by atoms with Gasteiger partial charge in [0.25, 0.3) is 0 Å². The van der Waals surface area contributed by atoms with Crippen LogP contribution in [0.15, 0.2) is 36.4 Å². The van der Waals surface area contributed by atoms with Gasteiger partial charge in [-0.05, 0) is 38.3 Å². The average Bonchev–Trinajstić information content (AvgIpc) is 2.43. The van der Waals surface area contributed by atoms with Crippen molar-refractivity contribution in [3.8, 4) is 0 Å². The van der Waals surface area contributed by atoms with Gasteiger partial charge in [0.1, 0.15) is 6.10 Å². The maximum atomic E-state index is 11.7. The van der Waals surface area contributed by atoms with Crippen molar-refractivity contribution < 1.29 is 9.53 Å². The van der Waals surface area contributed by atoms with Crippen molar-refractivity contribution in [1.29, 1.82) is 0 Å². The number of rotatable bonds is 7. The molecule has 0 aliphatic rings. The highest BCUT2D eigenvalue weighted by Gasteiger charge is 2.16. The Morgan fingerprint density at radius 2 is 1.85 bits per heavy atom. The van der Waals surface area contributed by atoms with Gasteiger partial charge < -0.3 is 16.2 Å². The summed E-state index contributed by atoms with van der Waals surface area (Å²) in [4.78, 5) is 11.7. The Hall–Kier alpha value is -1.65. The highest BCUT2D eigenvalue weighted by atomic mass is 16.5. The van der Waals surface area contributed by atoms with Crippen LogP contribution in [0.5, 0.6) is 0 Å². The van der Waals surface area contributed by atoms with Crippen LogP contribution in [-0.4, -0.2) is 24.2 Å². The number of benzene rings is 1. The molecule has 1 aromatic rings. The van der Waals surface area contributed by atoms with Crippen molar-refractivity contribution in [1.82, 2.24) is 0 Å². The number of nitrogens with two attached hydrogens (primary N) is 2. The summed E-state index contributed by atoms with van der Waals surface area (Å²) in [5.74, 6) is -0.377. The van der Waals surface area contributed by atoms with Crippen LogP contribution in [0, 0.1) is 0 Å². The van der Waals surface area contributed by atoms with Crippen LogP contribution in [0.3, 0.4) is 0 Å². The van der Waals surface area contributed by atoms with Crippen molar-refractivity contribution in [2.24, 2.45) is 11.5 Å². The monoisotopic (exact) mass is 276 g/mol. The molecule has 0 radical (unpaired) electrons. The van der Waals surface area contributed by atoms with E-state index in [9.17, 15) is 4.79 Å². The first-order valence-electron chi connectivity index (χ1n) is 6.94. The van der Waals surface area contributed by atoms with Crippen LogP contribution < -0.4 is 11.5 Å². The number of carbonyl (C=O) groups excluding carboxylic acids is 1. The van der Waals surface area contributed by atoms with Crippen LogP contribution in [0.2, 0.25) is 0 Å². The second-order valence-corrected chi connectivity index (χ2v) is 5.10. The number of carbonyl (C=O) groups is 1.